The minimum atomic E-state index is -0.443. The fourth-order valence-corrected chi connectivity index (χ4v) is 3.64. The lowest BCUT2D eigenvalue weighted by atomic mass is 10.1. The Morgan fingerprint density at radius 2 is 2.08 bits per heavy atom. The largest absolute Gasteiger partial charge is 0.469 e. The number of nitrogens with two attached hydrogens (primary N) is 1. The molecule has 1 atom stereocenters. The van der Waals surface area contributed by atoms with Gasteiger partial charge in [0, 0.05) is 6.04 Å². The monoisotopic (exact) mass is 369 g/mol. The number of benzene rings is 1. The summed E-state index contributed by atoms with van der Waals surface area (Å²) in [6, 6.07) is 11.7. The average Bonchev–Trinajstić information content (AvgIpc) is 3.25. The van der Waals surface area contributed by atoms with E-state index in [1.165, 1.54) is 16.4 Å². The summed E-state index contributed by atoms with van der Waals surface area (Å²) in [5.41, 5.74) is 1.69. The number of aryl methyl sites for hydroxylation is 1. The molecule has 2 aromatic heterocycles. The number of hydrogen-bond donors (Lipinski definition) is 2. The van der Waals surface area contributed by atoms with E-state index >= 15 is 0 Å². The van der Waals surface area contributed by atoms with Crippen LogP contribution in [0, 0.1) is 6.92 Å². The standard InChI is InChI=1S/C18H19N5O2S/c1-11-14(9-10-25-11)16-21-22-18(23(16)19)26-15(12-5-3-2-4-6-12)17(24)20-13-7-8-13/h2-6,9-10,13,15H,7-8,19H2,1H3,(H,20,24). The summed E-state index contributed by atoms with van der Waals surface area (Å²) >= 11 is 1.29. The smallest absolute Gasteiger partial charge is 0.238 e. The number of thioether (sulfide) groups is 1. The van der Waals surface area contributed by atoms with Crippen LogP contribution in [0.1, 0.15) is 29.4 Å². The third-order valence-electron chi connectivity index (χ3n) is 4.25. The highest BCUT2D eigenvalue weighted by Crippen LogP contribution is 2.36. The molecule has 8 heteroatoms. The Morgan fingerprint density at radius 3 is 2.73 bits per heavy atom. The van der Waals surface area contributed by atoms with Crippen LogP contribution in [0.4, 0.5) is 0 Å². The van der Waals surface area contributed by atoms with Gasteiger partial charge in [0.05, 0.1) is 11.8 Å². The normalized spacial score (nSPS) is 15.0. The lowest BCUT2D eigenvalue weighted by Gasteiger charge is -2.16. The van der Waals surface area contributed by atoms with E-state index in [0.29, 0.717) is 16.7 Å². The maximum Gasteiger partial charge on any atom is 0.238 e. The van der Waals surface area contributed by atoms with Crippen molar-refractivity contribution in [1.29, 1.82) is 0 Å². The molecule has 1 unspecified atom stereocenters. The molecule has 26 heavy (non-hydrogen) atoms. The summed E-state index contributed by atoms with van der Waals surface area (Å²) < 4.78 is 6.72. The summed E-state index contributed by atoms with van der Waals surface area (Å²) in [5, 5.41) is 11.5. The number of nitrogen functional groups attached to an aromatic ring is 1. The number of nitrogens with zero attached hydrogens (tertiary/aromatic N) is 3. The predicted octanol–water partition coefficient (Wildman–Crippen LogP) is 2.67. The van der Waals surface area contributed by atoms with E-state index in [9.17, 15) is 4.79 Å². The Kier molecular flexibility index (Phi) is 4.42. The first-order chi connectivity index (χ1) is 12.6. The van der Waals surface area contributed by atoms with Crippen LogP contribution in [-0.2, 0) is 4.79 Å². The quantitative estimate of drug-likeness (QED) is 0.512. The third-order valence-corrected chi connectivity index (χ3v) is 5.46. The molecule has 0 radical (unpaired) electrons. The molecular formula is C18H19N5O2S. The molecule has 134 valence electrons. The molecular weight excluding hydrogens is 350 g/mol. The van der Waals surface area contributed by atoms with Crippen LogP contribution in [0.2, 0.25) is 0 Å². The van der Waals surface area contributed by atoms with Gasteiger partial charge in [-0.3, -0.25) is 4.79 Å². The molecule has 1 aromatic carbocycles. The van der Waals surface area contributed by atoms with Crippen LogP contribution >= 0.6 is 11.8 Å². The summed E-state index contributed by atoms with van der Waals surface area (Å²) in [6.45, 7) is 1.84. The van der Waals surface area contributed by atoms with Crippen LogP contribution in [0.5, 0.6) is 0 Å². The number of rotatable bonds is 6. The number of nitrogens with one attached hydrogen (secondary N) is 1. The SMILES string of the molecule is Cc1occc1-c1nnc(SC(C(=O)NC2CC2)c2ccccc2)n1N. The molecule has 0 aliphatic heterocycles. The van der Waals surface area contributed by atoms with Crippen molar-refractivity contribution in [3.05, 3.63) is 54.0 Å². The second-order valence-electron chi connectivity index (χ2n) is 6.26. The molecule has 2 heterocycles. The summed E-state index contributed by atoms with van der Waals surface area (Å²) in [4.78, 5) is 12.8. The molecule has 1 aliphatic rings. The molecule has 1 aliphatic carbocycles. The Balaban J connectivity index is 1.62. The Morgan fingerprint density at radius 1 is 1.31 bits per heavy atom. The Labute approximate surface area is 154 Å². The van der Waals surface area contributed by atoms with E-state index < -0.39 is 5.25 Å². The van der Waals surface area contributed by atoms with E-state index in [1.54, 1.807) is 12.3 Å². The molecule has 0 spiro atoms. The summed E-state index contributed by atoms with van der Waals surface area (Å²) in [7, 11) is 0. The first-order valence-electron chi connectivity index (χ1n) is 8.40. The van der Waals surface area contributed by atoms with Crippen LogP contribution < -0.4 is 11.2 Å². The average molecular weight is 369 g/mol. The first-order valence-corrected chi connectivity index (χ1v) is 9.28. The zero-order chi connectivity index (χ0) is 18.1. The van der Waals surface area contributed by atoms with Gasteiger partial charge in [-0.1, -0.05) is 42.1 Å². The van der Waals surface area contributed by atoms with Crippen molar-refractivity contribution in [3.63, 3.8) is 0 Å². The summed E-state index contributed by atoms with van der Waals surface area (Å²) in [5.74, 6) is 7.39. The number of aromatic nitrogens is 3. The van der Waals surface area contributed by atoms with Crippen molar-refractivity contribution in [2.24, 2.45) is 0 Å². The van der Waals surface area contributed by atoms with E-state index in [0.717, 1.165) is 24.0 Å². The van der Waals surface area contributed by atoms with Crippen molar-refractivity contribution in [3.8, 4) is 11.4 Å². The maximum absolute atomic E-state index is 12.8. The number of furan rings is 1. The van der Waals surface area contributed by atoms with Crippen molar-refractivity contribution >= 4 is 17.7 Å². The van der Waals surface area contributed by atoms with Crippen LogP contribution in [-0.4, -0.2) is 26.8 Å². The van der Waals surface area contributed by atoms with Gasteiger partial charge in [0.25, 0.3) is 0 Å². The minimum Gasteiger partial charge on any atom is -0.469 e. The fourth-order valence-electron chi connectivity index (χ4n) is 2.67. The highest BCUT2D eigenvalue weighted by atomic mass is 32.2. The van der Waals surface area contributed by atoms with Crippen LogP contribution in [0.3, 0.4) is 0 Å². The second kappa shape index (κ2) is 6.87. The lowest BCUT2D eigenvalue weighted by molar-refractivity contribution is -0.120. The Bertz CT molecular complexity index is 917. The van der Waals surface area contributed by atoms with Gasteiger partial charge in [-0.05, 0) is 31.4 Å². The Hall–Kier alpha value is -2.74. The van der Waals surface area contributed by atoms with Crippen molar-refractivity contribution in [1.82, 2.24) is 20.2 Å². The number of carbonyl (C=O) groups excluding carboxylic acids is 1. The summed E-state index contributed by atoms with van der Waals surface area (Å²) in [6.07, 6.45) is 3.66. The van der Waals surface area contributed by atoms with Crippen molar-refractivity contribution in [2.45, 2.75) is 36.2 Å². The van der Waals surface area contributed by atoms with E-state index in [4.69, 9.17) is 10.3 Å². The molecule has 7 nitrogen and oxygen atoms in total. The number of hydrogen-bond acceptors (Lipinski definition) is 6. The van der Waals surface area contributed by atoms with Crippen molar-refractivity contribution < 1.29 is 9.21 Å². The highest BCUT2D eigenvalue weighted by molar-refractivity contribution is 8.00. The second-order valence-corrected chi connectivity index (χ2v) is 7.33. The highest BCUT2D eigenvalue weighted by Gasteiger charge is 2.30. The minimum absolute atomic E-state index is 0.0345. The molecule has 3 aromatic rings. The zero-order valence-electron chi connectivity index (χ0n) is 14.3. The third kappa shape index (κ3) is 3.32. The maximum atomic E-state index is 12.8. The van der Waals surface area contributed by atoms with Gasteiger partial charge in [0.1, 0.15) is 11.0 Å². The van der Waals surface area contributed by atoms with Gasteiger partial charge < -0.3 is 15.6 Å². The lowest BCUT2D eigenvalue weighted by Crippen LogP contribution is -2.30. The van der Waals surface area contributed by atoms with Gasteiger partial charge in [0.2, 0.25) is 11.1 Å². The molecule has 1 amide bonds. The number of amides is 1. The van der Waals surface area contributed by atoms with Gasteiger partial charge in [0.15, 0.2) is 5.82 Å². The molecule has 1 fully saturated rings. The zero-order valence-corrected chi connectivity index (χ0v) is 15.1. The van der Waals surface area contributed by atoms with Gasteiger partial charge in [-0.15, -0.1) is 10.2 Å². The first kappa shape index (κ1) is 16.7. The molecule has 1 saturated carbocycles. The van der Waals surface area contributed by atoms with E-state index in [-0.39, 0.29) is 11.9 Å². The topological polar surface area (TPSA) is 99.0 Å². The molecule has 0 saturated heterocycles. The van der Waals surface area contributed by atoms with E-state index in [1.807, 2.05) is 37.3 Å². The predicted molar refractivity (Wildman–Crippen MR) is 98.8 cm³/mol. The van der Waals surface area contributed by atoms with Crippen molar-refractivity contribution in [2.75, 3.05) is 5.84 Å². The van der Waals surface area contributed by atoms with Gasteiger partial charge >= 0.3 is 0 Å². The van der Waals surface area contributed by atoms with Gasteiger partial charge in [-0.25, -0.2) is 4.68 Å². The fraction of sp³-hybridized carbons (Fsp3) is 0.278. The van der Waals surface area contributed by atoms with Crippen LogP contribution in [0.25, 0.3) is 11.4 Å². The molecule has 3 N–H and O–H groups in total. The number of carbonyl (C=O) groups is 1. The molecule has 4 rings (SSSR count). The van der Waals surface area contributed by atoms with Crippen LogP contribution in [0.15, 0.2) is 52.2 Å². The van der Waals surface area contributed by atoms with Gasteiger partial charge in [-0.2, -0.15) is 0 Å². The molecule has 0 bridgehead atoms. The van der Waals surface area contributed by atoms with E-state index in [2.05, 4.69) is 15.5 Å².